The largest absolute Gasteiger partial charge is 0.480 e. The minimum Gasteiger partial charge on any atom is -0.480 e. The van der Waals surface area contributed by atoms with E-state index in [1.807, 2.05) is 4.90 Å². The Morgan fingerprint density at radius 1 is 1.50 bits per heavy atom. The maximum absolute atomic E-state index is 10.5. The quantitative estimate of drug-likeness (QED) is 0.604. The van der Waals surface area contributed by atoms with Crippen LogP contribution >= 0.6 is 0 Å². The molecule has 0 aliphatic heterocycles. The van der Waals surface area contributed by atoms with Crippen LogP contribution in [-0.4, -0.2) is 49.3 Å². The molecule has 4 nitrogen and oxygen atoms in total. The number of hydrogen-bond donors (Lipinski definition) is 1. The Morgan fingerprint density at radius 2 is 2.21 bits per heavy atom. The van der Waals surface area contributed by atoms with Gasteiger partial charge in [-0.3, -0.25) is 9.69 Å². The van der Waals surface area contributed by atoms with Crippen molar-refractivity contribution in [2.24, 2.45) is 0 Å². The van der Waals surface area contributed by atoms with Crippen LogP contribution in [0.15, 0.2) is 0 Å². The summed E-state index contributed by atoms with van der Waals surface area (Å²) in [5.74, 6) is 4.87. The second kappa shape index (κ2) is 8.54. The molecule has 0 rings (SSSR count). The van der Waals surface area contributed by atoms with Crippen molar-refractivity contribution >= 4 is 5.97 Å². The Morgan fingerprint density at radius 3 is 2.71 bits per heavy atom. The Kier molecular flexibility index (Phi) is 7.90. The summed E-state index contributed by atoms with van der Waals surface area (Å²) in [5.41, 5.74) is 0. The lowest BCUT2D eigenvalue weighted by molar-refractivity contribution is -0.138. The standard InChI is InChI=1S/C10H17NO3/c1-3-4-5-6-11(7-8-14-2)9-10(12)13/h5-9H2,1-2H3,(H,12,13). The van der Waals surface area contributed by atoms with Crippen LogP contribution in [0.1, 0.15) is 13.3 Å². The lowest BCUT2D eigenvalue weighted by Crippen LogP contribution is -2.33. The maximum Gasteiger partial charge on any atom is 0.317 e. The van der Waals surface area contributed by atoms with Gasteiger partial charge in [0.25, 0.3) is 0 Å². The molecule has 0 aromatic rings. The average molecular weight is 199 g/mol. The van der Waals surface area contributed by atoms with Crippen LogP contribution in [0.25, 0.3) is 0 Å². The zero-order valence-electron chi connectivity index (χ0n) is 8.75. The summed E-state index contributed by atoms with van der Waals surface area (Å²) >= 11 is 0. The topological polar surface area (TPSA) is 49.8 Å². The minimum atomic E-state index is -0.814. The van der Waals surface area contributed by atoms with Crippen LogP contribution in [0, 0.1) is 11.8 Å². The van der Waals surface area contributed by atoms with Gasteiger partial charge in [0.05, 0.1) is 13.2 Å². The third-order valence-corrected chi connectivity index (χ3v) is 1.70. The molecule has 4 heteroatoms. The van der Waals surface area contributed by atoms with Gasteiger partial charge in [0.15, 0.2) is 0 Å². The van der Waals surface area contributed by atoms with Crippen molar-refractivity contribution < 1.29 is 14.6 Å². The molecule has 0 fully saturated rings. The monoisotopic (exact) mass is 199 g/mol. The molecule has 0 aromatic heterocycles. The number of ether oxygens (including phenoxy) is 1. The van der Waals surface area contributed by atoms with Crippen molar-refractivity contribution in [3.8, 4) is 11.8 Å². The molecule has 0 atom stereocenters. The lowest BCUT2D eigenvalue weighted by atomic mass is 10.3. The first-order chi connectivity index (χ1) is 6.70. The van der Waals surface area contributed by atoms with E-state index in [9.17, 15) is 4.79 Å². The number of methoxy groups -OCH3 is 1. The molecule has 1 N–H and O–H groups in total. The second-order valence-corrected chi connectivity index (χ2v) is 2.84. The zero-order chi connectivity index (χ0) is 10.8. The van der Waals surface area contributed by atoms with Gasteiger partial charge in [0.2, 0.25) is 0 Å². The van der Waals surface area contributed by atoms with Crippen molar-refractivity contribution in [1.29, 1.82) is 0 Å². The molecule has 0 radical (unpaired) electrons. The number of nitrogens with zero attached hydrogens (tertiary/aromatic N) is 1. The van der Waals surface area contributed by atoms with E-state index in [1.165, 1.54) is 0 Å². The normalized spacial score (nSPS) is 9.64. The zero-order valence-corrected chi connectivity index (χ0v) is 8.75. The minimum absolute atomic E-state index is 0.0504. The number of carboxylic acid groups (broad SMARTS) is 1. The smallest absolute Gasteiger partial charge is 0.317 e. The molecule has 0 heterocycles. The molecule has 0 unspecified atom stereocenters. The highest BCUT2D eigenvalue weighted by Crippen LogP contribution is 1.91. The Balaban J connectivity index is 3.81. The van der Waals surface area contributed by atoms with Crippen molar-refractivity contribution in [2.75, 3.05) is 33.4 Å². The summed E-state index contributed by atoms with van der Waals surface area (Å²) in [6.07, 6.45) is 0.702. The van der Waals surface area contributed by atoms with Crippen LogP contribution < -0.4 is 0 Å². The fourth-order valence-electron chi connectivity index (χ4n) is 1.02. The van der Waals surface area contributed by atoms with Gasteiger partial charge >= 0.3 is 5.97 Å². The van der Waals surface area contributed by atoms with Crippen molar-refractivity contribution in [2.45, 2.75) is 13.3 Å². The van der Waals surface area contributed by atoms with E-state index >= 15 is 0 Å². The van der Waals surface area contributed by atoms with Gasteiger partial charge in [-0.15, -0.1) is 11.8 Å². The van der Waals surface area contributed by atoms with E-state index in [0.717, 1.165) is 0 Å². The number of carbonyl (C=O) groups is 1. The highest BCUT2D eigenvalue weighted by atomic mass is 16.5. The predicted octanol–water partition coefficient (Wildman–Crippen LogP) is 0.433. The van der Waals surface area contributed by atoms with Crippen molar-refractivity contribution in [3.63, 3.8) is 0 Å². The van der Waals surface area contributed by atoms with Gasteiger partial charge in [-0.1, -0.05) is 0 Å². The summed E-state index contributed by atoms with van der Waals surface area (Å²) in [6.45, 7) is 3.68. The first-order valence-electron chi connectivity index (χ1n) is 4.53. The maximum atomic E-state index is 10.5. The third kappa shape index (κ3) is 7.59. The molecular formula is C10H17NO3. The fraction of sp³-hybridized carbons (Fsp3) is 0.700. The molecule has 0 saturated carbocycles. The first-order valence-corrected chi connectivity index (χ1v) is 4.53. The summed E-state index contributed by atoms with van der Waals surface area (Å²) in [4.78, 5) is 12.3. The first kappa shape index (κ1) is 12.9. The molecule has 0 saturated heterocycles. The second-order valence-electron chi connectivity index (χ2n) is 2.84. The summed E-state index contributed by atoms with van der Waals surface area (Å²) in [7, 11) is 1.60. The fourth-order valence-corrected chi connectivity index (χ4v) is 1.02. The van der Waals surface area contributed by atoms with E-state index in [-0.39, 0.29) is 6.54 Å². The molecule has 0 spiro atoms. The predicted molar refractivity (Wildman–Crippen MR) is 54.0 cm³/mol. The average Bonchev–Trinajstić information content (AvgIpc) is 2.13. The molecule has 0 aliphatic carbocycles. The van der Waals surface area contributed by atoms with E-state index in [4.69, 9.17) is 9.84 Å². The Bertz CT molecular complexity index is 217. The molecule has 0 amide bonds. The molecule has 14 heavy (non-hydrogen) atoms. The highest BCUT2D eigenvalue weighted by Gasteiger charge is 2.07. The summed E-state index contributed by atoms with van der Waals surface area (Å²) in [5, 5.41) is 8.62. The van der Waals surface area contributed by atoms with Crippen molar-refractivity contribution in [1.82, 2.24) is 4.90 Å². The van der Waals surface area contributed by atoms with Gasteiger partial charge in [-0.25, -0.2) is 0 Å². The number of hydrogen-bond acceptors (Lipinski definition) is 3. The Labute approximate surface area is 84.9 Å². The molecule has 0 bridgehead atoms. The highest BCUT2D eigenvalue weighted by molar-refractivity contribution is 5.69. The molecule has 80 valence electrons. The summed E-state index contributed by atoms with van der Waals surface area (Å²) in [6, 6.07) is 0. The Hall–Kier alpha value is -1.05. The lowest BCUT2D eigenvalue weighted by Gasteiger charge is -2.18. The van der Waals surface area contributed by atoms with Gasteiger partial charge < -0.3 is 9.84 Å². The number of rotatable bonds is 7. The van der Waals surface area contributed by atoms with Crippen LogP contribution in [0.4, 0.5) is 0 Å². The third-order valence-electron chi connectivity index (χ3n) is 1.70. The van der Waals surface area contributed by atoms with E-state index in [0.29, 0.717) is 26.1 Å². The van der Waals surface area contributed by atoms with Crippen LogP contribution in [0.2, 0.25) is 0 Å². The summed E-state index contributed by atoms with van der Waals surface area (Å²) < 4.78 is 4.89. The van der Waals surface area contributed by atoms with Crippen LogP contribution in [-0.2, 0) is 9.53 Å². The van der Waals surface area contributed by atoms with Gasteiger partial charge in [-0.05, 0) is 6.92 Å². The van der Waals surface area contributed by atoms with E-state index in [1.54, 1.807) is 14.0 Å². The molecular weight excluding hydrogens is 182 g/mol. The van der Waals surface area contributed by atoms with E-state index < -0.39 is 5.97 Å². The number of aliphatic carboxylic acids is 1. The van der Waals surface area contributed by atoms with E-state index in [2.05, 4.69) is 11.8 Å². The van der Waals surface area contributed by atoms with Crippen LogP contribution in [0.3, 0.4) is 0 Å². The molecule has 0 aliphatic rings. The van der Waals surface area contributed by atoms with Gasteiger partial charge in [0.1, 0.15) is 0 Å². The SMILES string of the molecule is CC#CCCN(CCOC)CC(=O)O. The van der Waals surface area contributed by atoms with Crippen LogP contribution in [0.5, 0.6) is 0 Å². The van der Waals surface area contributed by atoms with Crippen molar-refractivity contribution in [3.05, 3.63) is 0 Å². The van der Waals surface area contributed by atoms with Gasteiger partial charge in [0, 0.05) is 26.6 Å². The van der Waals surface area contributed by atoms with Gasteiger partial charge in [-0.2, -0.15) is 0 Å². The number of carboxylic acids is 1. The molecule has 0 aromatic carbocycles.